The van der Waals surface area contributed by atoms with Crippen molar-refractivity contribution in [1.82, 2.24) is 4.57 Å². The van der Waals surface area contributed by atoms with E-state index in [0.29, 0.717) is 12.2 Å². The second-order valence-electron chi connectivity index (χ2n) is 6.05. The summed E-state index contributed by atoms with van der Waals surface area (Å²) in [5.74, 6) is -0.273. The fourth-order valence-electron chi connectivity index (χ4n) is 3.00. The number of aromatic nitrogens is 1. The molecule has 1 heterocycles. The zero-order valence-electron chi connectivity index (χ0n) is 14.7. The Bertz CT molecular complexity index is 832. The van der Waals surface area contributed by atoms with Crippen LogP contribution >= 0.6 is 0 Å². The van der Waals surface area contributed by atoms with Crippen molar-refractivity contribution in [3.05, 3.63) is 83.6 Å². The average molecular weight is 333 g/mol. The number of hydrogen-bond donors (Lipinski definition) is 0. The molecule has 128 valence electrons. The van der Waals surface area contributed by atoms with E-state index in [-0.39, 0.29) is 5.97 Å². The molecule has 0 saturated heterocycles. The van der Waals surface area contributed by atoms with Crippen LogP contribution in [-0.2, 0) is 17.7 Å². The number of ether oxygens (including phenoxy) is 1. The average Bonchev–Trinajstić information content (AvgIpc) is 3.02. The summed E-state index contributed by atoms with van der Waals surface area (Å²) >= 11 is 0. The third-order valence-electron chi connectivity index (χ3n) is 4.36. The molecule has 3 aromatic rings. The SMILES string of the molecule is CCOC(=O)c1ccc(-c2ccc(C)n2CCc2ccccc2)cc1. The minimum absolute atomic E-state index is 0.273. The van der Waals surface area contributed by atoms with Gasteiger partial charge in [0.05, 0.1) is 12.2 Å². The second-order valence-corrected chi connectivity index (χ2v) is 6.05. The van der Waals surface area contributed by atoms with Crippen LogP contribution in [0.2, 0.25) is 0 Å². The van der Waals surface area contributed by atoms with Crippen LogP contribution in [0.5, 0.6) is 0 Å². The van der Waals surface area contributed by atoms with Gasteiger partial charge in [-0.3, -0.25) is 0 Å². The largest absolute Gasteiger partial charge is 0.462 e. The topological polar surface area (TPSA) is 31.2 Å². The lowest BCUT2D eigenvalue weighted by Gasteiger charge is -2.12. The van der Waals surface area contributed by atoms with E-state index in [1.165, 1.54) is 17.0 Å². The van der Waals surface area contributed by atoms with Crippen molar-refractivity contribution in [2.45, 2.75) is 26.8 Å². The van der Waals surface area contributed by atoms with Gasteiger partial charge in [0.25, 0.3) is 0 Å². The molecule has 3 rings (SSSR count). The summed E-state index contributed by atoms with van der Waals surface area (Å²) in [6.07, 6.45) is 0.990. The summed E-state index contributed by atoms with van der Waals surface area (Å²) in [7, 11) is 0. The Hall–Kier alpha value is -2.81. The van der Waals surface area contributed by atoms with Crippen LogP contribution in [0, 0.1) is 6.92 Å². The zero-order valence-corrected chi connectivity index (χ0v) is 14.7. The van der Waals surface area contributed by atoms with Gasteiger partial charge in [-0.05, 0) is 55.7 Å². The molecule has 0 aliphatic carbocycles. The summed E-state index contributed by atoms with van der Waals surface area (Å²) in [6, 6.07) is 22.4. The predicted octanol–water partition coefficient (Wildman–Crippen LogP) is 4.88. The van der Waals surface area contributed by atoms with Gasteiger partial charge in [-0.15, -0.1) is 0 Å². The van der Waals surface area contributed by atoms with E-state index in [1.54, 1.807) is 0 Å². The molecule has 3 nitrogen and oxygen atoms in total. The Kier molecular flexibility index (Phi) is 5.34. The van der Waals surface area contributed by atoms with E-state index in [4.69, 9.17) is 4.74 Å². The second kappa shape index (κ2) is 7.84. The van der Waals surface area contributed by atoms with E-state index < -0.39 is 0 Å². The molecular formula is C22H23NO2. The van der Waals surface area contributed by atoms with E-state index >= 15 is 0 Å². The molecule has 0 spiro atoms. The number of carbonyl (C=O) groups is 1. The van der Waals surface area contributed by atoms with E-state index in [9.17, 15) is 4.79 Å². The highest BCUT2D eigenvalue weighted by molar-refractivity contribution is 5.90. The number of carbonyl (C=O) groups excluding carboxylic acids is 1. The lowest BCUT2D eigenvalue weighted by atomic mass is 10.1. The molecule has 25 heavy (non-hydrogen) atoms. The van der Waals surface area contributed by atoms with Gasteiger partial charge in [0.1, 0.15) is 0 Å². The van der Waals surface area contributed by atoms with Gasteiger partial charge >= 0.3 is 5.97 Å². The van der Waals surface area contributed by atoms with Crippen LogP contribution in [0.25, 0.3) is 11.3 Å². The molecule has 0 bridgehead atoms. The Morgan fingerprint density at radius 2 is 1.68 bits per heavy atom. The molecule has 0 amide bonds. The lowest BCUT2D eigenvalue weighted by Crippen LogP contribution is -2.06. The monoisotopic (exact) mass is 333 g/mol. The summed E-state index contributed by atoms with van der Waals surface area (Å²) in [4.78, 5) is 11.8. The molecule has 2 aromatic carbocycles. The van der Waals surface area contributed by atoms with Gasteiger partial charge in [-0.2, -0.15) is 0 Å². The van der Waals surface area contributed by atoms with Crippen molar-refractivity contribution in [1.29, 1.82) is 0 Å². The van der Waals surface area contributed by atoms with Crippen molar-refractivity contribution >= 4 is 5.97 Å². The molecule has 0 radical (unpaired) electrons. The van der Waals surface area contributed by atoms with Crippen molar-refractivity contribution in [2.75, 3.05) is 6.61 Å². The maximum Gasteiger partial charge on any atom is 0.338 e. The van der Waals surface area contributed by atoms with Crippen molar-refractivity contribution in [3.63, 3.8) is 0 Å². The molecule has 0 N–H and O–H groups in total. The highest BCUT2D eigenvalue weighted by Gasteiger charge is 2.10. The number of benzene rings is 2. The van der Waals surface area contributed by atoms with Crippen LogP contribution in [0.4, 0.5) is 0 Å². The summed E-state index contributed by atoms with van der Waals surface area (Å²) in [5.41, 5.74) is 5.43. The third-order valence-corrected chi connectivity index (χ3v) is 4.36. The standard InChI is InChI=1S/C22H23NO2/c1-3-25-22(24)20-12-10-19(11-13-20)21-14-9-17(2)23(21)16-15-18-7-5-4-6-8-18/h4-14H,3,15-16H2,1-2H3. The van der Waals surface area contributed by atoms with E-state index in [1.807, 2.05) is 37.3 Å². The highest BCUT2D eigenvalue weighted by Crippen LogP contribution is 2.24. The fraction of sp³-hybridized carbons (Fsp3) is 0.227. The molecule has 1 aromatic heterocycles. The summed E-state index contributed by atoms with van der Waals surface area (Å²) in [6.45, 7) is 5.26. The molecule has 0 saturated carbocycles. The minimum atomic E-state index is -0.273. The maximum atomic E-state index is 11.8. The fourth-order valence-corrected chi connectivity index (χ4v) is 3.00. The minimum Gasteiger partial charge on any atom is -0.462 e. The number of hydrogen-bond acceptors (Lipinski definition) is 2. The maximum absolute atomic E-state index is 11.8. The number of nitrogens with zero attached hydrogens (tertiary/aromatic N) is 1. The van der Waals surface area contributed by atoms with Gasteiger partial charge in [-0.1, -0.05) is 42.5 Å². The van der Waals surface area contributed by atoms with Gasteiger partial charge in [0.15, 0.2) is 0 Å². The Labute approximate surface area is 148 Å². The molecule has 0 fully saturated rings. The normalized spacial score (nSPS) is 10.6. The predicted molar refractivity (Wildman–Crippen MR) is 101 cm³/mol. The van der Waals surface area contributed by atoms with Crippen LogP contribution in [0.15, 0.2) is 66.7 Å². The van der Waals surface area contributed by atoms with Crippen LogP contribution in [0.1, 0.15) is 28.5 Å². The zero-order chi connectivity index (χ0) is 17.6. The first-order valence-corrected chi connectivity index (χ1v) is 8.66. The van der Waals surface area contributed by atoms with E-state index in [0.717, 1.165) is 18.5 Å². The first-order chi connectivity index (χ1) is 12.2. The molecule has 0 atom stereocenters. The van der Waals surface area contributed by atoms with Crippen molar-refractivity contribution in [3.8, 4) is 11.3 Å². The smallest absolute Gasteiger partial charge is 0.338 e. The molecule has 0 aliphatic rings. The number of aryl methyl sites for hydroxylation is 2. The molecule has 0 aliphatic heterocycles. The number of esters is 1. The van der Waals surface area contributed by atoms with Crippen molar-refractivity contribution < 1.29 is 9.53 Å². The highest BCUT2D eigenvalue weighted by atomic mass is 16.5. The van der Waals surface area contributed by atoms with Gasteiger partial charge in [0.2, 0.25) is 0 Å². The Morgan fingerprint density at radius 1 is 0.960 bits per heavy atom. The van der Waals surface area contributed by atoms with Crippen LogP contribution in [-0.4, -0.2) is 17.1 Å². The van der Waals surface area contributed by atoms with Crippen LogP contribution in [0.3, 0.4) is 0 Å². The lowest BCUT2D eigenvalue weighted by molar-refractivity contribution is 0.0526. The summed E-state index contributed by atoms with van der Waals surface area (Å²) < 4.78 is 7.37. The van der Waals surface area contributed by atoms with Gasteiger partial charge < -0.3 is 9.30 Å². The van der Waals surface area contributed by atoms with Gasteiger partial charge in [-0.25, -0.2) is 4.79 Å². The number of rotatable bonds is 6. The third kappa shape index (κ3) is 4.00. The summed E-state index contributed by atoms with van der Waals surface area (Å²) in [5, 5.41) is 0. The molecular weight excluding hydrogens is 310 g/mol. The molecule has 0 unspecified atom stereocenters. The quantitative estimate of drug-likeness (QED) is 0.602. The Morgan fingerprint density at radius 3 is 2.36 bits per heavy atom. The van der Waals surface area contributed by atoms with Gasteiger partial charge in [0, 0.05) is 17.9 Å². The first-order valence-electron chi connectivity index (χ1n) is 8.66. The van der Waals surface area contributed by atoms with Crippen molar-refractivity contribution in [2.24, 2.45) is 0 Å². The van der Waals surface area contributed by atoms with Crippen LogP contribution < -0.4 is 0 Å². The first kappa shape index (κ1) is 17.0. The Balaban J connectivity index is 1.80. The molecule has 3 heteroatoms. The van der Waals surface area contributed by atoms with E-state index in [2.05, 4.69) is 47.9 Å².